The van der Waals surface area contributed by atoms with Gasteiger partial charge in [-0.2, -0.15) is 0 Å². The number of carbonyl (C=O) groups is 1. The monoisotopic (exact) mass is 359 g/mol. The molecule has 0 bridgehead atoms. The first-order valence-electron chi connectivity index (χ1n) is 7.40. The first-order chi connectivity index (χ1) is 10.5. The first-order valence-corrected chi connectivity index (χ1v) is 8.20. The molecule has 0 radical (unpaired) electrons. The Bertz CT molecular complexity index is 740. The van der Waals surface area contributed by atoms with Crippen molar-refractivity contribution in [2.75, 3.05) is 11.4 Å². The fourth-order valence-electron chi connectivity index (χ4n) is 2.81. The highest BCUT2D eigenvalue weighted by Crippen LogP contribution is 2.33. The van der Waals surface area contributed by atoms with Gasteiger partial charge in [-0.3, -0.25) is 4.79 Å². The third kappa shape index (κ3) is 2.63. The number of nitrogens with zero attached hydrogens (tertiary/aromatic N) is 1. The van der Waals surface area contributed by atoms with Gasteiger partial charge in [0.2, 0.25) is 0 Å². The van der Waals surface area contributed by atoms with Crippen LogP contribution in [-0.2, 0) is 6.42 Å². The minimum absolute atomic E-state index is 0.0416. The minimum Gasteiger partial charge on any atom is -0.507 e. The second kappa shape index (κ2) is 5.76. The number of anilines is 1. The molecule has 1 heterocycles. The van der Waals surface area contributed by atoms with Gasteiger partial charge in [-0.1, -0.05) is 35.8 Å². The van der Waals surface area contributed by atoms with Gasteiger partial charge >= 0.3 is 0 Å². The van der Waals surface area contributed by atoms with Gasteiger partial charge in [-0.15, -0.1) is 0 Å². The van der Waals surface area contributed by atoms with Crippen molar-refractivity contribution >= 4 is 27.5 Å². The second-order valence-corrected chi connectivity index (χ2v) is 6.83. The molecular weight excluding hydrogens is 342 g/mol. The van der Waals surface area contributed by atoms with Crippen molar-refractivity contribution in [3.05, 3.63) is 57.6 Å². The van der Waals surface area contributed by atoms with Gasteiger partial charge in [0.25, 0.3) is 5.91 Å². The number of halogens is 1. The molecule has 0 aromatic heterocycles. The van der Waals surface area contributed by atoms with Crippen molar-refractivity contribution in [1.29, 1.82) is 0 Å². The Morgan fingerprint density at radius 1 is 1.23 bits per heavy atom. The molecule has 0 saturated carbocycles. The number of phenols is 1. The van der Waals surface area contributed by atoms with Crippen LogP contribution in [0.2, 0.25) is 0 Å². The molecule has 2 aromatic carbocycles. The van der Waals surface area contributed by atoms with E-state index in [0.29, 0.717) is 18.0 Å². The van der Waals surface area contributed by atoms with E-state index in [0.717, 1.165) is 27.7 Å². The molecule has 1 aliphatic rings. The van der Waals surface area contributed by atoms with Gasteiger partial charge < -0.3 is 10.0 Å². The predicted octanol–water partition coefficient (Wildman–Crippen LogP) is 4.48. The third-order valence-corrected chi connectivity index (χ3v) is 4.59. The summed E-state index contributed by atoms with van der Waals surface area (Å²) in [7, 11) is 0. The Morgan fingerprint density at radius 3 is 2.73 bits per heavy atom. The van der Waals surface area contributed by atoms with E-state index in [1.54, 1.807) is 17.0 Å². The number of carbonyl (C=O) groups excluding carboxylic acids is 1. The number of benzene rings is 2. The van der Waals surface area contributed by atoms with Crippen molar-refractivity contribution < 1.29 is 9.90 Å². The van der Waals surface area contributed by atoms with E-state index < -0.39 is 0 Å². The summed E-state index contributed by atoms with van der Waals surface area (Å²) in [5, 5.41) is 10.1. The largest absolute Gasteiger partial charge is 0.507 e. The Kier molecular flexibility index (Phi) is 3.96. The summed E-state index contributed by atoms with van der Waals surface area (Å²) in [6.45, 7) is 4.79. The third-order valence-electron chi connectivity index (χ3n) is 4.10. The van der Waals surface area contributed by atoms with Crippen molar-refractivity contribution in [2.24, 2.45) is 0 Å². The summed E-state index contributed by atoms with van der Waals surface area (Å²) < 4.78 is 1.02. The number of fused-ring (bicyclic) bond motifs is 1. The maximum atomic E-state index is 12.8. The van der Waals surface area contributed by atoms with Crippen molar-refractivity contribution in [3.8, 4) is 5.75 Å². The summed E-state index contributed by atoms with van der Waals surface area (Å²) in [6.07, 6.45) is 0.838. The van der Waals surface area contributed by atoms with Crippen molar-refractivity contribution in [2.45, 2.75) is 26.2 Å². The molecule has 0 fully saturated rings. The average molecular weight is 360 g/mol. The lowest BCUT2D eigenvalue weighted by molar-refractivity contribution is 0.0986. The maximum Gasteiger partial charge on any atom is 0.262 e. The highest BCUT2D eigenvalue weighted by Gasteiger charge is 2.27. The van der Waals surface area contributed by atoms with E-state index in [1.807, 2.05) is 24.3 Å². The number of aromatic hydroxyl groups is 1. The molecule has 3 nitrogen and oxygen atoms in total. The Morgan fingerprint density at radius 2 is 2.00 bits per heavy atom. The lowest BCUT2D eigenvalue weighted by atomic mass is 9.99. The first kappa shape index (κ1) is 15.1. The lowest BCUT2D eigenvalue weighted by Gasteiger charge is -2.19. The summed E-state index contributed by atoms with van der Waals surface area (Å²) in [6, 6.07) is 11.2. The number of rotatable bonds is 2. The molecular formula is C18H18BrNO2. The summed E-state index contributed by atoms with van der Waals surface area (Å²) in [5.74, 6) is 0.218. The van der Waals surface area contributed by atoms with Gasteiger partial charge in [-0.05, 0) is 53.8 Å². The normalized spacial score (nSPS) is 13.5. The van der Waals surface area contributed by atoms with E-state index in [4.69, 9.17) is 0 Å². The van der Waals surface area contributed by atoms with Crippen LogP contribution in [0.15, 0.2) is 40.9 Å². The van der Waals surface area contributed by atoms with Gasteiger partial charge in [0.15, 0.2) is 0 Å². The molecule has 1 N–H and O–H groups in total. The topological polar surface area (TPSA) is 40.5 Å². The number of hydrogen-bond donors (Lipinski definition) is 1. The highest BCUT2D eigenvalue weighted by atomic mass is 79.9. The van der Waals surface area contributed by atoms with Crippen LogP contribution in [0, 0.1) is 0 Å². The van der Waals surface area contributed by atoms with Gasteiger partial charge in [0.05, 0.1) is 5.56 Å². The molecule has 0 saturated heterocycles. The highest BCUT2D eigenvalue weighted by molar-refractivity contribution is 9.10. The smallest absolute Gasteiger partial charge is 0.262 e. The molecule has 0 aliphatic carbocycles. The zero-order valence-electron chi connectivity index (χ0n) is 12.6. The van der Waals surface area contributed by atoms with Gasteiger partial charge in [0, 0.05) is 16.7 Å². The number of phenolic OH excluding ortho intramolecular Hbond substituents is 1. The fourth-order valence-corrected chi connectivity index (χ4v) is 3.22. The fraction of sp³-hybridized carbons (Fsp3) is 0.278. The summed E-state index contributed by atoms with van der Waals surface area (Å²) in [4.78, 5) is 14.6. The predicted molar refractivity (Wildman–Crippen MR) is 91.7 cm³/mol. The average Bonchev–Trinajstić information content (AvgIpc) is 2.89. The molecule has 2 aromatic rings. The maximum absolute atomic E-state index is 12.8. The number of amides is 1. The molecule has 0 unspecified atom stereocenters. The van der Waals surface area contributed by atoms with E-state index >= 15 is 0 Å². The van der Waals surface area contributed by atoms with Gasteiger partial charge in [0.1, 0.15) is 5.75 Å². The Hall–Kier alpha value is -1.81. The van der Waals surface area contributed by atoms with Crippen LogP contribution in [-0.4, -0.2) is 17.6 Å². The SMILES string of the molecule is CC(C)c1ccc(O)c(C(=O)N2CCc3cc(Br)ccc32)c1. The summed E-state index contributed by atoms with van der Waals surface area (Å²) >= 11 is 3.46. The van der Waals surface area contributed by atoms with E-state index in [9.17, 15) is 9.90 Å². The molecule has 0 atom stereocenters. The van der Waals surface area contributed by atoms with Crippen LogP contribution in [0.25, 0.3) is 0 Å². The van der Waals surface area contributed by atoms with Crippen LogP contribution in [0.1, 0.15) is 41.3 Å². The van der Waals surface area contributed by atoms with Crippen LogP contribution in [0.5, 0.6) is 5.75 Å². The Balaban J connectivity index is 1.98. The molecule has 4 heteroatoms. The van der Waals surface area contributed by atoms with Crippen LogP contribution < -0.4 is 4.90 Å². The van der Waals surface area contributed by atoms with Crippen LogP contribution in [0.3, 0.4) is 0 Å². The molecule has 3 rings (SSSR count). The Labute approximate surface area is 138 Å². The van der Waals surface area contributed by atoms with Crippen molar-refractivity contribution in [1.82, 2.24) is 0 Å². The molecule has 0 spiro atoms. The zero-order chi connectivity index (χ0) is 15.9. The standard InChI is InChI=1S/C18H18BrNO2/c1-11(2)12-3-6-17(21)15(10-12)18(22)20-8-7-13-9-14(19)4-5-16(13)20/h3-6,9-11,21H,7-8H2,1-2H3. The zero-order valence-corrected chi connectivity index (χ0v) is 14.2. The second-order valence-electron chi connectivity index (χ2n) is 5.91. The number of hydrogen-bond acceptors (Lipinski definition) is 2. The summed E-state index contributed by atoms with van der Waals surface area (Å²) in [5.41, 5.74) is 3.52. The van der Waals surface area contributed by atoms with E-state index in [2.05, 4.69) is 29.8 Å². The molecule has 114 valence electrons. The van der Waals surface area contributed by atoms with Crippen LogP contribution in [0.4, 0.5) is 5.69 Å². The molecule has 1 amide bonds. The lowest BCUT2D eigenvalue weighted by Crippen LogP contribution is -2.29. The van der Waals surface area contributed by atoms with Gasteiger partial charge in [-0.25, -0.2) is 0 Å². The van der Waals surface area contributed by atoms with Crippen molar-refractivity contribution in [3.63, 3.8) is 0 Å². The molecule has 22 heavy (non-hydrogen) atoms. The minimum atomic E-state index is -0.138. The molecule has 1 aliphatic heterocycles. The van der Waals surface area contributed by atoms with E-state index in [-0.39, 0.29) is 11.7 Å². The van der Waals surface area contributed by atoms with Crippen LogP contribution >= 0.6 is 15.9 Å². The quantitative estimate of drug-likeness (QED) is 0.858. The van der Waals surface area contributed by atoms with E-state index in [1.165, 1.54) is 0 Å².